The molecule has 1 aliphatic heterocycles. The lowest BCUT2D eigenvalue weighted by Crippen LogP contribution is -2.33. The Balaban J connectivity index is 2.08. The van der Waals surface area contributed by atoms with Gasteiger partial charge >= 0.3 is 0 Å². The molecule has 0 aromatic carbocycles. The lowest BCUT2D eigenvalue weighted by Gasteiger charge is -2.27. The molecule has 1 fully saturated rings. The maximum atomic E-state index is 4.35. The Morgan fingerprint density at radius 3 is 3.15 bits per heavy atom. The molecule has 3 heteroatoms. The molecule has 0 radical (unpaired) electrons. The largest absolute Gasteiger partial charge is 0.298 e. The number of thioether (sulfide) groups is 1. The number of pyridine rings is 1. The van der Waals surface area contributed by atoms with E-state index in [1.54, 1.807) is 0 Å². The minimum absolute atomic E-state index is 0.393. The van der Waals surface area contributed by atoms with Crippen LogP contribution >= 0.6 is 11.8 Å². The maximum absolute atomic E-state index is 4.35. The Hall–Kier alpha value is -0.540. The van der Waals surface area contributed by atoms with Crippen molar-refractivity contribution in [3.8, 4) is 0 Å². The van der Waals surface area contributed by atoms with Crippen LogP contribution in [0.25, 0.3) is 0 Å². The summed E-state index contributed by atoms with van der Waals surface area (Å²) >= 11 is 1.95. The summed E-state index contributed by atoms with van der Waals surface area (Å²) in [6.45, 7) is 2.23. The first-order chi connectivity index (χ1) is 6.36. The van der Waals surface area contributed by atoms with Crippen molar-refractivity contribution >= 4 is 11.8 Å². The van der Waals surface area contributed by atoms with Gasteiger partial charge in [0.25, 0.3) is 0 Å². The van der Waals surface area contributed by atoms with Crippen LogP contribution in [0.15, 0.2) is 24.4 Å². The van der Waals surface area contributed by atoms with Crippen LogP contribution in [-0.4, -0.2) is 16.8 Å². The van der Waals surface area contributed by atoms with Gasteiger partial charge in [-0.25, -0.2) is 0 Å². The SMILES string of the molecule is CC1CCSC(c2ccccn2)N1. The van der Waals surface area contributed by atoms with Crippen LogP contribution in [-0.2, 0) is 0 Å². The van der Waals surface area contributed by atoms with Crippen LogP contribution in [0.5, 0.6) is 0 Å². The third-order valence-electron chi connectivity index (χ3n) is 2.23. The summed E-state index contributed by atoms with van der Waals surface area (Å²) in [6, 6.07) is 6.71. The molecule has 2 rings (SSSR count). The van der Waals surface area contributed by atoms with E-state index >= 15 is 0 Å². The van der Waals surface area contributed by atoms with E-state index in [1.807, 2.05) is 30.1 Å². The van der Waals surface area contributed by atoms with Crippen LogP contribution in [0.1, 0.15) is 24.4 Å². The fourth-order valence-corrected chi connectivity index (χ4v) is 2.82. The molecule has 0 amide bonds. The zero-order chi connectivity index (χ0) is 9.10. The number of rotatable bonds is 1. The van der Waals surface area contributed by atoms with Crippen molar-refractivity contribution in [3.63, 3.8) is 0 Å². The van der Waals surface area contributed by atoms with E-state index in [4.69, 9.17) is 0 Å². The van der Waals surface area contributed by atoms with E-state index in [0.29, 0.717) is 11.4 Å². The molecule has 0 saturated carbocycles. The van der Waals surface area contributed by atoms with Crippen LogP contribution in [0.4, 0.5) is 0 Å². The fourth-order valence-electron chi connectivity index (χ4n) is 1.45. The van der Waals surface area contributed by atoms with Crippen molar-refractivity contribution in [1.29, 1.82) is 0 Å². The Morgan fingerprint density at radius 1 is 1.54 bits per heavy atom. The van der Waals surface area contributed by atoms with Gasteiger partial charge in [-0.2, -0.15) is 0 Å². The molecule has 2 heterocycles. The highest BCUT2D eigenvalue weighted by Gasteiger charge is 2.20. The molecule has 1 aliphatic rings. The van der Waals surface area contributed by atoms with Gasteiger partial charge in [0.05, 0.1) is 11.1 Å². The molecule has 2 nitrogen and oxygen atoms in total. The number of hydrogen-bond acceptors (Lipinski definition) is 3. The minimum Gasteiger partial charge on any atom is -0.298 e. The zero-order valence-electron chi connectivity index (χ0n) is 7.73. The third-order valence-corrected chi connectivity index (χ3v) is 3.41. The highest BCUT2D eigenvalue weighted by Crippen LogP contribution is 2.29. The Bertz CT molecular complexity index is 263. The lowest BCUT2D eigenvalue weighted by molar-refractivity contribution is 0.506. The molecule has 0 spiro atoms. The molecule has 1 aromatic rings. The molecule has 0 aliphatic carbocycles. The van der Waals surface area contributed by atoms with E-state index in [9.17, 15) is 0 Å². The van der Waals surface area contributed by atoms with E-state index < -0.39 is 0 Å². The Labute approximate surface area is 83.1 Å². The van der Waals surface area contributed by atoms with E-state index in [-0.39, 0.29) is 0 Å². The molecule has 1 saturated heterocycles. The second kappa shape index (κ2) is 4.11. The van der Waals surface area contributed by atoms with Gasteiger partial charge in [-0.1, -0.05) is 6.07 Å². The van der Waals surface area contributed by atoms with Crippen molar-refractivity contribution in [2.45, 2.75) is 24.8 Å². The van der Waals surface area contributed by atoms with Gasteiger partial charge in [0.1, 0.15) is 0 Å². The average molecular weight is 194 g/mol. The topological polar surface area (TPSA) is 24.9 Å². The van der Waals surface area contributed by atoms with Crippen LogP contribution in [0, 0.1) is 0 Å². The average Bonchev–Trinajstić information content (AvgIpc) is 2.19. The van der Waals surface area contributed by atoms with Gasteiger partial charge in [-0.05, 0) is 31.2 Å². The number of nitrogens with zero attached hydrogens (tertiary/aromatic N) is 1. The molecule has 1 aromatic heterocycles. The minimum atomic E-state index is 0.393. The molecule has 70 valence electrons. The van der Waals surface area contributed by atoms with Gasteiger partial charge < -0.3 is 0 Å². The molecule has 1 N–H and O–H groups in total. The lowest BCUT2D eigenvalue weighted by atomic mass is 10.2. The van der Waals surface area contributed by atoms with Crippen LogP contribution in [0.3, 0.4) is 0 Å². The maximum Gasteiger partial charge on any atom is 0.0964 e. The molecule has 13 heavy (non-hydrogen) atoms. The molecular weight excluding hydrogens is 180 g/mol. The standard InChI is InChI=1S/C10H14N2S/c1-8-5-7-13-10(12-8)9-4-2-3-6-11-9/h2-4,6,8,10,12H,5,7H2,1H3. The highest BCUT2D eigenvalue weighted by atomic mass is 32.2. The third kappa shape index (κ3) is 2.23. The first-order valence-corrected chi connectivity index (χ1v) is 5.70. The monoisotopic (exact) mass is 194 g/mol. The molecule has 2 atom stereocenters. The van der Waals surface area contributed by atoms with E-state index in [2.05, 4.69) is 23.3 Å². The summed E-state index contributed by atoms with van der Waals surface area (Å²) in [7, 11) is 0. The predicted octanol–water partition coefficient (Wildman–Crippen LogP) is 2.20. The summed E-state index contributed by atoms with van der Waals surface area (Å²) in [5, 5.41) is 3.93. The summed E-state index contributed by atoms with van der Waals surface area (Å²) in [4.78, 5) is 4.35. The molecular formula is C10H14N2S. The van der Waals surface area contributed by atoms with Gasteiger partial charge in [0.15, 0.2) is 0 Å². The summed E-state index contributed by atoms with van der Waals surface area (Å²) in [5.74, 6) is 1.23. The fraction of sp³-hybridized carbons (Fsp3) is 0.500. The quantitative estimate of drug-likeness (QED) is 0.742. The molecule has 2 unspecified atom stereocenters. The van der Waals surface area contributed by atoms with Crippen LogP contribution in [0.2, 0.25) is 0 Å². The van der Waals surface area contributed by atoms with Gasteiger partial charge in [0.2, 0.25) is 0 Å². The number of nitrogens with one attached hydrogen (secondary N) is 1. The summed E-state index contributed by atoms with van der Waals surface area (Å²) in [6.07, 6.45) is 3.12. The van der Waals surface area contributed by atoms with Crippen molar-refractivity contribution in [2.24, 2.45) is 0 Å². The Morgan fingerprint density at radius 2 is 2.46 bits per heavy atom. The normalized spacial score (nSPS) is 28.7. The summed E-state index contributed by atoms with van der Waals surface area (Å²) in [5.41, 5.74) is 1.15. The first kappa shape index (κ1) is 9.03. The first-order valence-electron chi connectivity index (χ1n) is 4.65. The van der Waals surface area contributed by atoms with Crippen LogP contribution < -0.4 is 5.32 Å². The van der Waals surface area contributed by atoms with E-state index in [1.165, 1.54) is 12.2 Å². The zero-order valence-corrected chi connectivity index (χ0v) is 8.55. The van der Waals surface area contributed by atoms with Crippen molar-refractivity contribution in [3.05, 3.63) is 30.1 Å². The predicted molar refractivity (Wildman–Crippen MR) is 56.7 cm³/mol. The van der Waals surface area contributed by atoms with Gasteiger partial charge in [-0.15, -0.1) is 11.8 Å². The smallest absolute Gasteiger partial charge is 0.0964 e. The van der Waals surface area contributed by atoms with Gasteiger partial charge in [0, 0.05) is 12.2 Å². The highest BCUT2D eigenvalue weighted by molar-refractivity contribution is 7.99. The molecule has 0 bridgehead atoms. The van der Waals surface area contributed by atoms with Gasteiger partial charge in [-0.3, -0.25) is 10.3 Å². The van der Waals surface area contributed by atoms with E-state index in [0.717, 1.165) is 5.69 Å². The Kier molecular flexibility index (Phi) is 2.86. The van der Waals surface area contributed by atoms with Crippen molar-refractivity contribution < 1.29 is 0 Å². The number of aromatic nitrogens is 1. The second-order valence-corrected chi connectivity index (χ2v) is 4.57. The number of hydrogen-bond donors (Lipinski definition) is 1. The van der Waals surface area contributed by atoms with Crippen molar-refractivity contribution in [2.75, 3.05) is 5.75 Å². The second-order valence-electron chi connectivity index (χ2n) is 3.36. The summed E-state index contributed by atoms with van der Waals surface area (Å²) < 4.78 is 0. The van der Waals surface area contributed by atoms with Crippen molar-refractivity contribution in [1.82, 2.24) is 10.3 Å².